The number of nitrogens with zero attached hydrogens (tertiary/aromatic N) is 1. The van der Waals surface area contributed by atoms with Crippen LogP contribution in [-0.4, -0.2) is 28.8 Å². The highest BCUT2D eigenvalue weighted by atomic mass is 19.4. The Balaban J connectivity index is 1.66. The van der Waals surface area contributed by atoms with Crippen LogP contribution < -0.4 is 10.6 Å². The molecule has 0 fully saturated rings. The molecule has 3 N–H and O–H groups in total. The van der Waals surface area contributed by atoms with Gasteiger partial charge in [-0.05, 0) is 38.1 Å². The molecule has 10 heteroatoms. The summed E-state index contributed by atoms with van der Waals surface area (Å²) in [5, 5.41) is 13.8. The Morgan fingerprint density at radius 1 is 1.03 bits per heavy atom. The van der Waals surface area contributed by atoms with E-state index in [1.54, 1.807) is 19.1 Å². The summed E-state index contributed by atoms with van der Waals surface area (Å²) in [4.78, 5) is 24.6. The molecule has 178 valence electrons. The molecule has 2 aromatic carbocycles. The number of hydrogen-bond acceptors (Lipinski definition) is 5. The summed E-state index contributed by atoms with van der Waals surface area (Å²) in [6.07, 6.45) is -4.67. The van der Waals surface area contributed by atoms with Gasteiger partial charge in [-0.25, -0.2) is 0 Å². The van der Waals surface area contributed by atoms with E-state index < -0.39 is 36.9 Å². The lowest BCUT2D eigenvalue weighted by molar-refractivity contribution is -0.151. The van der Waals surface area contributed by atoms with Crippen molar-refractivity contribution in [2.45, 2.75) is 26.6 Å². The number of halogens is 3. The van der Waals surface area contributed by atoms with E-state index in [4.69, 9.17) is 10.1 Å². The van der Waals surface area contributed by atoms with Crippen molar-refractivity contribution in [3.63, 3.8) is 0 Å². The monoisotopic (exact) mass is 472 g/mol. The quantitative estimate of drug-likeness (QED) is 0.327. The number of carbonyl (C=O) groups is 2. The zero-order valence-corrected chi connectivity index (χ0v) is 18.5. The van der Waals surface area contributed by atoms with Crippen molar-refractivity contribution in [3.05, 3.63) is 77.8 Å². The van der Waals surface area contributed by atoms with Gasteiger partial charge in [-0.2, -0.15) is 13.2 Å². The highest BCUT2D eigenvalue weighted by Gasteiger charge is 2.36. The van der Waals surface area contributed by atoms with Crippen molar-refractivity contribution in [2.75, 3.05) is 11.9 Å². The number of nitrogens with one attached hydrogen (secondary N) is 3. The average Bonchev–Trinajstić information content (AvgIpc) is 3.15. The third-order valence-corrected chi connectivity index (χ3v) is 4.87. The van der Waals surface area contributed by atoms with Gasteiger partial charge in [-0.15, -0.1) is 0 Å². The summed E-state index contributed by atoms with van der Waals surface area (Å²) in [6, 6.07) is 16.2. The van der Waals surface area contributed by atoms with Crippen LogP contribution in [0.1, 0.15) is 19.5 Å². The van der Waals surface area contributed by atoms with E-state index in [0.29, 0.717) is 11.1 Å². The fraction of sp³-hybridized carbons (Fsp3) is 0.208. The molecule has 1 heterocycles. The van der Waals surface area contributed by atoms with Gasteiger partial charge in [-0.3, -0.25) is 9.59 Å². The first-order chi connectivity index (χ1) is 16.1. The molecule has 3 rings (SSSR count). The molecule has 0 unspecified atom stereocenters. The van der Waals surface area contributed by atoms with Crippen LogP contribution >= 0.6 is 0 Å². The standard InChI is InChI=1S/C24H23F3N4O3/c1-15(28)23(16(2)29-18-9-4-3-5-10-18)30-21(32)14-34-22(33)13-31-19-11-7-6-8-17(19)12-20(31)24(25,26)27/h3-12,28-29H,13-14H2,1-2H3,(H,30,32)/b23-16+,28-15?. The lowest BCUT2D eigenvalue weighted by Crippen LogP contribution is -2.33. The molecular weight excluding hydrogens is 449 g/mol. The summed E-state index contributed by atoms with van der Waals surface area (Å²) >= 11 is 0. The lowest BCUT2D eigenvalue weighted by atomic mass is 10.2. The number of allylic oxidation sites excluding steroid dienone is 2. The van der Waals surface area contributed by atoms with E-state index in [-0.39, 0.29) is 16.9 Å². The van der Waals surface area contributed by atoms with Crippen molar-refractivity contribution in [1.29, 1.82) is 5.41 Å². The molecule has 0 bridgehead atoms. The molecule has 1 aromatic heterocycles. The number of esters is 1. The molecule has 7 nitrogen and oxygen atoms in total. The van der Waals surface area contributed by atoms with Gasteiger partial charge in [0.2, 0.25) is 0 Å². The number of alkyl halides is 3. The van der Waals surface area contributed by atoms with E-state index in [1.807, 2.05) is 30.3 Å². The number of rotatable bonds is 8. The Hall–Kier alpha value is -4.08. The number of fused-ring (bicyclic) bond motifs is 1. The van der Waals surface area contributed by atoms with Crippen molar-refractivity contribution in [1.82, 2.24) is 9.88 Å². The maximum atomic E-state index is 13.4. The summed E-state index contributed by atoms with van der Waals surface area (Å²) < 4.78 is 46.0. The normalized spacial score (nSPS) is 12.1. The predicted octanol–water partition coefficient (Wildman–Crippen LogP) is 4.70. The van der Waals surface area contributed by atoms with Crippen molar-refractivity contribution in [3.8, 4) is 0 Å². The second kappa shape index (κ2) is 10.2. The Bertz CT molecular complexity index is 1250. The van der Waals surface area contributed by atoms with Gasteiger partial charge in [0, 0.05) is 22.3 Å². The number of carbonyl (C=O) groups excluding carboxylic acids is 2. The van der Waals surface area contributed by atoms with Crippen molar-refractivity contribution < 1.29 is 27.5 Å². The van der Waals surface area contributed by atoms with Gasteiger partial charge >= 0.3 is 12.1 Å². The molecule has 0 saturated carbocycles. The zero-order chi connectivity index (χ0) is 24.9. The number of benzene rings is 2. The van der Waals surface area contributed by atoms with Crippen LogP contribution in [0.5, 0.6) is 0 Å². The number of hydrogen-bond donors (Lipinski definition) is 3. The Morgan fingerprint density at radius 2 is 1.68 bits per heavy atom. The van der Waals surface area contributed by atoms with Gasteiger partial charge in [0.25, 0.3) is 5.91 Å². The largest absolute Gasteiger partial charge is 0.454 e. The maximum absolute atomic E-state index is 13.4. The van der Waals surface area contributed by atoms with Crippen LogP contribution in [0, 0.1) is 5.41 Å². The fourth-order valence-corrected chi connectivity index (χ4v) is 3.38. The van der Waals surface area contributed by atoms with Crippen molar-refractivity contribution >= 4 is 34.2 Å². The minimum Gasteiger partial charge on any atom is -0.454 e. The highest BCUT2D eigenvalue weighted by Crippen LogP contribution is 2.34. The molecule has 34 heavy (non-hydrogen) atoms. The van der Waals surface area contributed by atoms with Crippen molar-refractivity contribution in [2.24, 2.45) is 0 Å². The molecule has 0 radical (unpaired) electrons. The number of aromatic nitrogens is 1. The van der Waals surface area contributed by atoms with Gasteiger partial charge in [0.15, 0.2) is 6.61 Å². The van der Waals surface area contributed by atoms with E-state index in [0.717, 1.165) is 16.3 Å². The third kappa shape index (κ3) is 6.03. The van der Waals surface area contributed by atoms with Crippen LogP contribution in [0.2, 0.25) is 0 Å². The first-order valence-corrected chi connectivity index (χ1v) is 10.3. The smallest absolute Gasteiger partial charge is 0.431 e. The Morgan fingerprint density at radius 3 is 2.32 bits per heavy atom. The summed E-state index contributed by atoms with van der Waals surface area (Å²) in [5.74, 6) is -1.73. The number of amides is 1. The number of ether oxygens (including phenoxy) is 1. The van der Waals surface area contributed by atoms with Gasteiger partial charge < -0.3 is 25.3 Å². The minimum absolute atomic E-state index is 0.0641. The average molecular weight is 472 g/mol. The number of anilines is 1. The lowest BCUT2D eigenvalue weighted by Gasteiger charge is -2.15. The Kier molecular flexibility index (Phi) is 7.40. The van der Waals surface area contributed by atoms with Crippen LogP contribution in [-0.2, 0) is 27.0 Å². The first-order valence-electron chi connectivity index (χ1n) is 10.3. The Labute approximate surface area is 193 Å². The number of para-hydroxylation sites is 2. The summed E-state index contributed by atoms with van der Waals surface area (Å²) in [7, 11) is 0. The fourth-order valence-electron chi connectivity index (χ4n) is 3.38. The highest BCUT2D eigenvalue weighted by molar-refractivity contribution is 6.00. The molecule has 0 atom stereocenters. The second-order valence-corrected chi connectivity index (χ2v) is 7.50. The van der Waals surface area contributed by atoms with Crippen LogP contribution in [0.15, 0.2) is 72.1 Å². The van der Waals surface area contributed by atoms with Gasteiger partial charge in [0.05, 0.1) is 11.4 Å². The predicted molar refractivity (Wildman–Crippen MR) is 122 cm³/mol. The molecular formula is C24H23F3N4O3. The van der Waals surface area contributed by atoms with E-state index in [2.05, 4.69) is 10.6 Å². The minimum atomic E-state index is -4.67. The van der Waals surface area contributed by atoms with Gasteiger partial charge in [0.1, 0.15) is 12.2 Å². The molecule has 0 aliphatic carbocycles. The second-order valence-electron chi connectivity index (χ2n) is 7.50. The van der Waals surface area contributed by atoms with Crippen LogP contribution in [0.3, 0.4) is 0 Å². The van der Waals surface area contributed by atoms with Gasteiger partial charge in [-0.1, -0.05) is 36.4 Å². The summed E-state index contributed by atoms with van der Waals surface area (Å²) in [6.45, 7) is 1.72. The van der Waals surface area contributed by atoms with E-state index in [9.17, 15) is 22.8 Å². The SMILES string of the molecule is CC(=N)/C(NC(=O)COC(=O)Cn1c(C(F)(F)F)cc2ccccc21)=C(/C)Nc1ccccc1. The molecule has 1 amide bonds. The van der Waals surface area contributed by atoms with E-state index in [1.165, 1.54) is 19.1 Å². The third-order valence-electron chi connectivity index (χ3n) is 4.87. The topological polar surface area (TPSA) is 96.2 Å². The first kappa shape index (κ1) is 24.6. The molecule has 0 aliphatic heterocycles. The van der Waals surface area contributed by atoms with E-state index >= 15 is 0 Å². The van der Waals surface area contributed by atoms with Crippen LogP contribution in [0.25, 0.3) is 10.9 Å². The molecule has 3 aromatic rings. The molecule has 0 aliphatic rings. The maximum Gasteiger partial charge on any atom is 0.431 e. The molecule has 0 spiro atoms. The zero-order valence-electron chi connectivity index (χ0n) is 18.5. The van der Waals surface area contributed by atoms with Crippen LogP contribution in [0.4, 0.5) is 18.9 Å². The molecule has 0 saturated heterocycles. The summed E-state index contributed by atoms with van der Waals surface area (Å²) in [5.41, 5.74) is 0.742.